The molecule has 1 heterocycles. The Morgan fingerprint density at radius 3 is 2.33 bits per heavy atom. The van der Waals surface area contributed by atoms with Crippen LogP contribution < -0.4 is 5.32 Å². The topological polar surface area (TPSA) is 79.6 Å². The quantitative estimate of drug-likeness (QED) is 0.541. The lowest BCUT2D eigenvalue weighted by molar-refractivity contribution is -0.121. The molecule has 0 spiro atoms. The van der Waals surface area contributed by atoms with Gasteiger partial charge in [-0.25, -0.2) is 8.42 Å². The molecule has 0 atom stereocenters. The second-order valence-corrected chi connectivity index (χ2v) is 8.51. The predicted molar refractivity (Wildman–Crippen MR) is 117 cm³/mol. The van der Waals surface area contributed by atoms with Crippen LogP contribution in [0.25, 0.3) is 6.08 Å². The number of hydrogen-bond acceptors (Lipinski definition) is 4. The van der Waals surface area contributed by atoms with Crippen LogP contribution in [-0.4, -0.2) is 31.7 Å². The largest absolute Gasteiger partial charge is 0.468 e. The minimum atomic E-state index is -3.84. The number of benzene rings is 2. The van der Waals surface area contributed by atoms with Crippen molar-refractivity contribution in [3.63, 3.8) is 0 Å². The van der Waals surface area contributed by atoms with E-state index in [2.05, 4.69) is 5.32 Å². The number of hydrogen-bond donors (Lipinski definition) is 1. The summed E-state index contributed by atoms with van der Waals surface area (Å²) in [6.45, 7) is 0.106. The maximum absolute atomic E-state index is 12.9. The highest BCUT2D eigenvalue weighted by Gasteiger charge is 2.23. The van der Waals surface area contributed by atoms with E-state index in [0.717, 1.165) is 20.8 Å². The molecule has 7 heteroatoms. The first-order valence-electron chi connectivity index (χ1n) is 9.59. The number of carbonyl (C=O) groups is 1. The molecule has 1 amide bonds. The molecule has 1 N–H and O–H groups in total. The number of sulfonamides is 1. The van der Waals surface area contributed by atoms with Gasteiger partial charge >= 0.3 is 0 Å². The van der Waals surface area contributed by atoms with Crippen LogP contribution in [0.3, 0.4) is 0 Å². The number of rotatable bonds is 10. The van der Waals surface area contributed by atoms with E-state index < -0.39 is 10.0 Å². The molecule has 3 rings (SSSR count). The molecule has 2 aromatic carbocycles. The molecule has 0 bridgehead atoms. The summed E-state index contributed by atoms with van der Waals surface area (Å²) in [6, 6.07) is 22.2. The normalized spacial score (nSPS) is 11.8. The minimum Gasteiger partial charge on any atom is -0.468 e. The highest BCUT2D eigenvalue weighted by Crippen LogP contribution is 2.13. The fourth-order valence-electron chi connectivity index (χ4n) is 2.83. The number of carbonyl (C=O) groups excluding carboxylic acids is 1. The van der Waals surface area contributed by atoms with Crippen molar-refractivity contribution in [3.05, 3.63) is 101 Å². The summed E-state index contributed by atoms with van der Waals surface area (Å²) in [7, 11) is -3.84. The average Bonchev–Trinajstić information content (AvgIpc) is 3.27. The molecule has 0 radical (unpaired) electrons. The molecular weight excluding hydrogens is 400 g/mol. The average molecular weight is 425 g/mol. The van der Waals surface area contributed by atoms with Crippen molar-refractivity contribution in [2.45, 2.75) is 13.0 Å². The molecular formula is C23H24N2O4S. The van der Waals surface area contributed by atoms with Gasteiger partial charge in [0.1, 0.15) is 5.76 Å². The van der Waals surface area contributed by atoms with Crippen molar-refractivity contribution < 1.29 is 17.6 Å². The van der Waals surface area contributed by atoms with E-state index >= 15 is 0 Å². The summed E-state index contributed by atoms with van der Waals surface area (Å²) < 4.78 is 32.1. The van der Waals surface area contributed by atoms with Crippen LogP contribution in [0.5, 0.6) is 0 Å². The Morgan fingerprint density at radius 1 is 0.967 bits per heavy atom. The summed E-state index contributed by atoms with van der Waals surface area (Å²) in [5.41, 5.74) is 1.86. The maximum atomic E-state index is 12.9. The van der Waals surface area contributed by atoms with Crippen LogP contribution in [0.2, 0.25) is 0 Å². The molecule has 0 fully saturated rings. The lowest BCUT2D eigenvalue weighted by atomic mass is 10.1. The van der Waals surface area contributed by atoms with Gasteiger partial charge < -0.3 is 9.73 Å². The zero-order chi connectivity index (χ0) is 21.2. The monoisotopic (exact) mass is 424 g/mol. The highest BCUT2D eigenvalue weighted by molar-refractivity contribution is 7.92. The van der Waals surface area contributed by atoms with Gasteiger partial charge in [-0.1, -0.05) is 60.7 Å². The van der Waals surface area contributed by atoms with E-state index in [4.69, 9.17) is 4.42 Å². The first kappa shape index (κ1) is 21.5. The zero-order valence-corrected chi connectivity index (χ0v) is 17.3. The van der Waals surface area contributed by atoms with Crippen LogP contribution in [0.1, 0.15) is 16.9 Å². The third-order valence-corrected chi connectivity index (χ3v) is 5.86. The van der Waals surface area contributed by atoms with Gasteiger partial charge in [-0.15, -0.1) is 0 Å². The highest BCUT2D eigenvalue weighted by atomic mass is 32.2. The van der Waals surface area contributed by atoms with E-state index in [0.29, 0.717) is 18.7 Å². The summed E-state index contributed by atoms with van der Waals surface area (Å²) >= 11 is 0. The number of furan rings is 1. The third kappa shape index (κ3) is 6.72. The van der Waals surface area contributed by atoms with E-state index in [9.17, 15) is 13.2 Å². The van der Waals surface area contributed by atoms with Crippen LogP contribution in [0, 0.1) is 0 Å². The SMILES string of the molecule is O=C(CN(Cc1ccco1)S(=O)(=O)/C=C/c1ccccc1)NCCc1ccccc1. The van der Waals surface area contributed by atoms with Gasteiger partial charge in [0.15, 0.2) is 0 Å². The first-order chi connectivity index (χ1) is 14.5. The second kappa shape index (κ2) is 10.6. The molecule has 1 aromatic heterocycles. The van der Waals surface area contributed by atoms with Crippen molar-refractivity contribution in [2.24, 2.45) is 0 Å². The van der Waals surface area contributed by atoms with Gasteiger partial charge in [0.25, 0.3) is 0 Å². The number of nitrogens with one attached hydrogen (secondary N) is 1. The van der Waals surface area contributed by atoms with Gasteiger partial charge in [-0.05, 0) is 35.8 Å². The molecule has 0 saturated heterocycles. The number of nitrogens with zero attached hydrogens (tertiary/aromatic N) is 1. The van der Waals surface area contributed by atoms with Gasteiger partial charge in [0.2, 0.25) is 15.9 Å². The van der Waals surface area contributed by atoms with Crippen LogP contribution in [0.15, 0.2) is 88.9 Å². The Labute approximate surface area is 176 Å². The third-order valence-electron chi connectivity index (χ3n) is 4.40. The first-order valence-corrected chi connectivity index (χ1v) is 11.1. The summed E-state index contributed by atoms with van der Waals surface area (Å²) in [4.78, 5) is 12.4. The Bertz CT molecular complexity index is 1050. The summed E-state index contributed by atoms with van der Waals surface area (Å²) in [6.07, 6.45) is 3.66. The van der Waals surface area contributed by atoms with Crippen molar-refractivity contribution in [1.82, 2.24) is 9.62 Å². The lowest BCUT2D eigenvalue weighted by Crippen LogP contribution is -2.40. The molecule has 0 aliphatic carbocycles. The van der Waals surface area contributed by atoms with Gasteiger partial charge in [0, 0.05) is 12.0 Å². The van der Waals surface area contributed by atoms with Crippen molar-refractivity contribution in [3.8, 4) is 0 Å². The van der Waals surface area contributed by atoms with Crippen LogP contribution >= 0.6 is 0 Å². The Balaban J connectivity index is 1.65. The smallest absolute Gasteiger partial charge is 0.237 e. The van der Waals surface area contributed by atoms with E-state index in [1.165, 1.54) is 12.3 Å². The lowest BCUT2D eigenvalue weighted by Gasteiger charge is -2.19. The molecule has 0 aliphatic heterocycles. The summed E-state index contributed by atoms with van der Waals surface area (Å²) in [5, 5.41) is 3.90. The molecule has 30 heavy (non-hydrogen) atoms. The van der Waals surface area contributed by atoms with Gasteiger partial charge in [0.05, 0.1) is 19.4 Å². The fraction of sp³-hybridized carbons (Fsp3) is 0.174. The molecule has 156 valence electrons. The predicted octanol–water partition coefficient (Wildman–Crippen LogP) is 3.44. The molecule has 0 saturated carbocycles. The fourth-order valence-corrected chi connectivity index (χ4v) is 3.94. The van der Waals surface area contributed by atoms with E-state index in [-0.39, 0.29) is 19.0 Å². The number of amides is 1. The van der Waals surface area contributed by atoms with Crippen molar-refractivity contribution >= 4 is 22.0 Å². The van der Waals surface area contributed by atoms with Crippen molar-refractivity contribution in [2.75, 3.05) is 13.1 Å². The van der Waals surface area contributed by atoms with E-state index in [1.807, 2.05) is 48.5 Å². The summed E-state index contributed by atoms with van der Waals surface area (Å²) in [5.74, 6) is 0.0953. The van der Waals surface area contributed by atoms with Gasteiger partial charge in [-0.2, -0.15) is 4.31 Å². The molecule has 3 aromatic rings. The van der Waals surface area contributed by atoms with Gasteiger partial charge in [-0.3, -0.25) is 4.79 Å². The minimum absolute atomic E-state index is 0.0272. The Morgan fingerprint density at radius 2 is 1.67 bits per heavy atom. The zero-order valence-electron chi connectivity index (χ0n) is 16.5. The maximum Gasteiger partial charge on any atom is 0.237 e. The van der Waals surface area contributed by atoms with Crippen LogP contribution in [-0.2, 0) is 27.8 Å². The molecule has 0 aliphatic rings. The van der Waals surface area contributed by atoms with Crippen LogP contribution in [0.4, 0.5) is 0 Å². The van der Waals surface area contributed by atoms with E-state index in [1.54, 1.807) is 24.3 Å². The second-order valence-electron chi connectivity index (χ2n) is 6.69. The molecule has 6 nitrogen and oxygen atoms in total. The van der Waals surface area contributed by atoms with Crippen molar-refractivity contribution in [1.29, 1.82) is 0 Å². The Kier molecular flexibility index (Phi) is 7.59. The Hall–Kier alpha value is -3.16. The standard InChI is InChI=1S/C23H24N2O4S/c26-23(24-15-13-20-8-3-1-4-9-20)19-25(18-22-12-7-16-29-22)30(27,28)17-14-21-10-5-2-6-11-21/h1-12,14,16-17H,13,15,18-19H2,(H,24,26)/b17-14+. The molecule has 0 unspecified atom stereocenters.